The lowest BCUT2D eigenvalue weighted by atomic mass is 10.2. The molecule has 118 valence electrons. The molecule has 0 aliphatic heterocycles. The van der Waals surface area contributed by atoms with Gasteiger partial charge in [-0.3, -0.25) is 9.69 Å². The molecule has 0 saturated heterocycles. The van der Waals surface area contributed by atoms with E-state index in [1.165, 1.54) is 6.07 Å². The summed E-state index contributed by atoms with van der Waals surface area (Å²) < 4.78 is 19.1. The second-order valence-corrected chi connectivity index (χ2v) is 5.53. The molecule has 22 heavy (non-hydrogen) atoms. The van der Waals surface area contributed by atoms with E-state index in [0.717, 1.165) is 11.5 Å². The van der Waals surface area contributed by atoms with Crippen LogP contribution in [0.15, 0.2) is 40.8 Å². The first-order valence-electron chi connectivity index (χ1n) is 7.17. The van der Waals surface area contributed by atoms with Crippen LogP contribution >= 0.6 is 0 Å². The SMILES string of the molecule is Cc1ccc(CN(C)C(=O)CN(C)Cc2ccccc2F)o1. The number of likely N-dealkylation sites (N-methyl/N-ethyl adjacent to an activating group) is 2. The zero-order valence-corrected chi connectivity index (χ0v) is 13.2. The summed E-state index contributed by atoms with van der Waals surface area (Å²) >= 11 is 0. The largest absolute Gasteiger partial charge is 0.464 e. The van der Waals surface area contributed by atoms with Crippen molar-refractivity contribution in [3.63, 3.8) is 0 Å². The van der Waals surface area contributed by atoms with Gasteiger partial charge in [-0.1, -0.05) is 18.2 Å². The molecule has 0 aliphatic carbocycles. The molecule has 0 aliphatic rings. The lowest BCUT2D eigenvalue weighted by Crippen LogP contribution is -2.36. The fraction of sp³-hybridized carbons (Fsp3) is 0.353. The van der Waals surface area contributed by atoms with Gasteiger partial charge in [0.2, 0.25) is 5.91 Å². The van der Waals surface area contributed by atoms with Crippen molar-refractivity contribution in [2.45, 2.75) is 20.0 Å². The van der Waals surface area contributed by atoms with Gasteiger partial charge in [-0.15, -0.1) is 0 Å². The third kappa shape index (κ3) is 4.43. The molecule has 0 bridgehead atoms. The van der Waals surface area contributed by atoms with Crippen LogP contribution in [-0.4, -0.2) is 36.3 Å². The van der Waals surface area contributed by atoms with Gasteiger partial charge < -0.3 is 9.32 Å². The van der Waals surface area contributed by atoms with Crippen LogP contribution in [0.25, 0.3) is 0 Å². The number of carbonyl (C=O) groups is 1. The van der Waals surface area contributed by atoms with Crippen molar-refractivity contribution in [1.29, 1.82) is 0 Å². The Morgan fingerprint density at radius 3 is 2.50 bits per heavy atom. The van der Waals surface area contributed by atoms with Crippen molar-refractivity contribution in [3.8, 4) is 0 Å². The van der Waals surface area contributed by atoms with E-state index in [9.17, 15) is 9.18 Å². The van der Waals surface area contributed by atoms with Gasteiger partial charge in [0.1, 0.15) is 17.3 Å². The fourth-order valence-electron chi connectivity index (χ4n) is 2.22. The van der Waals surface area contributed by atoms with E-state index < -0.39 is 0 Å². The molecule has 2 rings (SSSR count). The Morgan fingerprint density at radius 2 is 1.86 bits per heavy atom. The van der Waals surface area contributed by atoms with Gasteiger partial charge >= 0.3 is 0 Å². The highest BCUT2D eigenvalue weighted by atomic mass is 19.1. The molecule has 0 fully saturated rings. The van der Waals surface area contributed by atoms with Crippen LogP contribution in [0.1, 0.15) is 17.1 Å². The molecule has 0 unspecified atom stereocenters. The van der Waals surface area contributed by atoms with Crippen molar-refractivity contribution in [1.82, 2.24) is 9.80 Å². The minimum absolute atomic E-state index is 0.0344. The monoisotopic (exact) mass is 304 g/mol. The topological polar surface area (TPSA) is 36.7 Å². The lowest BCUT2D eigenvalue weighted by Gasteiger charge is -2.21. The molecular formula is C17H21FN2O2. The molecule has 0 N–H and O–H groups in total. The molecule has 5 heteroatoms. The number of hydrogen-bond acceptors (Lipinski definition) is 3. The third-order valence-corrected chi connectivity index (χ3v) is 3.42. The number of furan rings is 1. The van der Waals surface area contributed by atoms with Crippen LogP contribution < -0.4 is 0 Å². The van der Waals surface area contributed by atoms with Crippen molar-refractivity contribution in [2.75, 3.05) is 20.6 Å². The van der Waals surface area contributed by atoms with Gasteiger partial charge in [0.05, 0.1) is 13.1 Å². The van der Waals surface area contributed by atoms with Crippen molar-refractivity contribution >= 4 is 5.91 Å². The summed E-state index contributed by atoms with van der Waals surface area (Å²) in [5.41, 5.74) is 0.585. The Kier molecular flexibility index (Phi) is 5.33. The Balaban J connectivity index is 1.86. The van der Waals surface area contributed by atoms with Crippen LogP contribution in [0, 0.1) is 12.7 Å². The minimum atomic E-state index is -0.249. The first kappa shape index (κ1) is 16.2. The lowest BCUT2D eigenvalue weighted by molar-refractivity contribution is -0.131. The van der Waals surface area contributed by atoms with Crippen molar-refractivity contribution in [3.05, 3.63) is 59.3 Å². The predicted octanol–water partition coefficient (Wildman–Crippen LogP) is 2.82. The summed E-state index contributed by atoms with van der Waals surface area (Å²) in [5.74, 6) is 1.30. The first-order valence-corrected chi connectivity index (χ1v) is 7.17. The smallest absolute Gasteiger partial charge is 0.236 e. The quantitative estimate of drug-likeness (QED) is 0.823. The van der Waals surface area contributed by atoms with Crippen LogP contribution in [0.4, 0.5) is 4.39 Å². The van der Waals surface area contributed by atoms with Gasteiger partial charge in [0, 0.05) is 19.2 Å². The average molecular weight is 304 g/mol. The Labute approximate surface area is 130 Å². The highest BCUT2D eigenvalue weighted by Gasteiger charge is 2.14. The molecule has 1 aromatic heterocycles. The number of benzene rings is 1. The van der Waals surface area contributed by atoms with Gasteiger partial charge in [-0.05, 0) is 32.2 Å². The highest BCUT2D eigenvalue weighted by Crippen LogP contribution is 2.11. The number of carbonyl (C=O) groups excluding carboxylic acids is 1. The van der Waals surface area contributed by atoms with E-state index in [4.69, 9.17) is 4.42 Å². The van der Waals surface area contributed by atoms with E-state index in [1.807, 2.05) is 19.1 Å². The number of nitrogens with zero attached hydrogens (tertiary/aromatic N) is 2. The zero-order chi connectivity index (χ0) is 16.1. The molecule has 4 nitrogen and oxygen atoms in total. The Bertz CT molecular complexity index is 639. The number of rotatable bonds is 6. The van der Waals surface area contributed by atoms with E-state index in [2.05, 4.69) is 0 Å². The Hall–Kier alpha value is -2.14. The summed E-state index contributed by atoms with van der Waals surface area (Å²) in [6, 6.07) is 10.3. The molecule has 0 atom stereocenters. The summed E-state index contributed by atoms with van der Waals surface area (Å²) in [4.78, 5) is 15.6. The van der Waals surface area contributed by atoms with Crippen LogP contribution in [0.2, 0.25) is 0 Å². The van der Waals surface area contributed by atoms with E-state index in [0.29, 0.717) is 18.7 Å². The van der Waals surface area contributed by atoms with E-state index >= 15 is 0 Å². The number of aryl methyl sites for hydroxylation is 1. The molecule has 2 aromatic rings. The summed E-state index contributed by atoms with van der Waals surface area (Å²) in [7, 11) is 3.53. The van der Waals surface area contributed by atoms with Gasteiger partial charge in [-0.25, -0.2) is 4.39 Å². The minimum Gasteiger partial charge on any atom is -0.464 e. The maximum absolute atomic E-state index is 13.6. The summed E-state index contributed by atoms with van der Waals surface area (Å²) in [5, 5.41) is 0. The van der Waals surface area contributed by atoms with Gasteiger partial charge in [0.15, 0.2) is 0 Å². The molecule has 0 spiro atoms. The maximum Gasteiger partial charge on any atom is 0.236 e. The van der Waals surface area contributed by atoms with Crippen LogP contribution in [0.5, 0.6) is 0 Å². The summed E-state index contributed by atoms with van der Waals surface area (Å²) in [6.45, 7) is 2.92. The molecule has 0 saturated carbocycles. The molecule has 1 aromatic carbocycles. The molecule has 1 amide bonds. The molecular weight excluding hydrogens is 283 g/mol. The second kappa shape index (κ2) is 7.22. The predicted molar refractivity (Wildman–Crippen MR) is 82.7 cm³/mol. The average Bonchev–Trinajstić information content (AvgIpc) is 2.86. The van der Waals surface area contributed by atoms with E-state index in [-0.39, 0.29) is 18.3 Å². The van der Waals surface area contributed by atoms with E-state index in [1.54, 1.807) is 42.1 Å². The number of amides is 1. The molecule has 0 radical (unpaired) electrons. The van der Waals surface area contributed by atoms with Gasteiger partial charge in [-0.2, -0.15) is 0 Å². The number of halogens is 1. The standard InChI is InChI=1S/C17H21FN2O2/c1-13-8-9-15(22-13)11-20(3)17(21)12-19(2)10-14-6-4-5-7-16(14)18/h4-9H,10-12H2,1-3H3. The second-order valence-electron chi connectivity index (χ2n) is 5.53. The highest BCUT2D eigenvalue weighted by molar-refractivity contribution is 5.77. The Morgan fingerprint density at radius 1 is 1.14 bits per heavy atom. The van der Waals surface area contributed by atoms with Crippen molar-refractivity contribution in [2.24, 2.45) is 0 Å². The maximum atomic E-state index is 13.6. The zero-order valence-electron chi connectivity index (χ0n) is 13.2. The summed E-state index contributed by atoms with van der Waals surface area (Å²) in [6.07, 6.45) is 0. The normalized spacial score (nSPS) is 11.0. The first-order chi connectivity index (χ1) is 10.5. The van der Waals surface area contributed by atoms with Crippen molar-refractivity contribution < 1.29 is 13.6 Å². The number of hydrogen-bond donors (Lipinski definition) is 0. The van der Waals surface area contributed by atoms with Gasteiger partial charge in [0.25, 0.3) is 0 Å². The fourth-order valence-corrected chi connectivity index (χ4v) is 2.22. The van der Waals surface area contributed by atoms with Crippen LogP contribution in [0.3, 0.4) is 0 Å². The van der Waals surface area contributed by atoms with Crippen LogP contribution in [-0.2, 0) is 17.9 Å². The molecule has 1 heterocycles. The third-order valence-electron chi connectivity index (χ3n) is 3.42.